The van der Waals surface area contributed by atoms with Crippen LogP contribution in [0.4, 0.5) is 5.69 Å². The second-order valence-corrected chi connectivity index (χ2v) is 4.56. The van der Waals surface area contributed by atoms with Crippen LogP contribution in [0.5, 0.6) is 0 Å². The van der Waals surface area contributed by atoms with Crippen LogP contribution in [0.3, 0.4) is 0 Å². The Morgan fingerprint density at radius 2 is 2.10 bits per heavy atom. The van der Waals surface area contributed by atoms with Gasteiger partial charge in [-0.1, -0.05) is 18.2 Å². The van der Waals surface area contributed by atoms with E-state index in [1.165, 1.54) is 0 Å². The molecule has 0 aliphatic heterocycles. The minimum Gasteiger partial charge on any atom is -0.381 e. The first-order chi connectivity index (χ1) is 9.60. The van der Waals surface area contributed by atoms with E-state index >= 15 is 0 Å². The number of carbonyl (C=O) groups excluding carboxylic acids is 1. The molecule has 4 nitrogen and oxygen atoms in total. The van der Waals surface area contributed by atoms with Gasteiger partial charge in [0.1, 0.15) is 0 Å². The number of anilines is 1. The maximum absolute atomic E-state index is 11.1. The average Bonchev–Trinajstić information content (AvgIpc) is 2.46. The predicted octanol–water partition coefficient (Wildman–Crippen LogP) is 2.58. The first-order valence-electron chi connectivity index (χ1n) is 6.23. The molecular formula is C16H15N3O. The molecule has 0 aliphatic carbocycles. The number of nitrogens with zero attached hydrogens (tertiary/aromatic N) is 1. The number of primary amides is 1. The van der Waals surface area contributed by atoms with Crippen LogP contribution in [0.2, 0.25) is 0 Å². The zero-order valence-electron chi connectivity index (χ0n) is 11.2. The topological polar surface area (TPSA) is 78.9 Å². The van der Waals surface area contributed by atoms with Crippen molar-refractivity contribution in [2.75, 3.05) is 5.32 Å². The Kier molecular flexibility index (Phi) is 4.02. The average molecular weight is 265 g/mol. The normalized spacial score (nSPS) is 9.80. The lowest BCUT2D eigenvalue weighted by Gasteiger charge is -2.10. The SMILES string of the molecule is Cc1ccc(C#N)cc1NCc1cccc(C(N)=O)c1. The number of rotatable bonds is 4. The van der Waals surface area contributed by atoms with Gasteiger partial charge in [0.25, 0.3) is 0 Å². The van der Waals surface area contributed by atoms with E-state index in [9.17, 15) is 4.79 Å². The standard InChI is InChI=1S/C16H15N3O/c1-11-5-6-12(9-17)8-15(11)19-10-13-3-2-4-14(7-13)16(18)20/h2-8,19H,10H2,1H3,(H2,18,20). The van der Waals surface area contributed by atoms with Crippen LogP contribution in [0.1, 0.15) is 27.0 Å². The van der Waals surface area contributed by atoms with E-state index in [-0.39, 0.29) is 0 Å². The van der Waals surface area contributed by atoms with Gasteiger partial charge in [-0.2, -0.15) is 5.26 Å². The van der Waals surface area contributed by atoms with Gasteiger partial charge in [0.05, 0.1) is 11.6 Å². The molecule has 3 N–H and O–H groups in total. The van der Waals surface area contributed by atoms with Gasteiger partial charge in [0, 0.05) is 17.8 Å². The van der Waals surface area contributed by atoms with Crippen molar-refractivity contribution in [2.45, 2.75) is 13.5 Å². The molecular weight excluding hydrogens is 250 g/mol. The molecule has 0 fully saturated rings. The molecule has 0 atom stereocenters. The van der Waals surface area contributed by atoms with Crippen molar-refractivity contribution in [3.05, 3.63) is 64.7 Å². The molecule has 2 rings (SSSR count). The summed E-state index contributed by atoms with van der Waals surface area (Å²) in [5.41, 5.74) is 9.30. The molecule has 20 heavy (non-hydrogen) atoms. The highest BCUT2D eigenvalue weighted by atomic mass is 16.1. The van der Waals surface area contributed by atoms with Crippen LogP contribution in [0.25, 0.3) is 0 Å². The third kappa shape index (κ3) is 3.15. The molecule has 2 aromatic rings. The van der Waals surface area contributed by atoms with Gasteiger partial charge >= 0.3 is 0 Å². The van der Waals surface area contributed by atoms with Crippen molar-refractivity contribution in [3.63, 3.8) is 0 Å². The molecule has 0 unspecified atom stereocenters. The van der Waals surface area contributed by atoms with Crippen molar-refractivity contribution in [1.29, 1.82) is 5.26 Å². The van der Waals surface area contributed by atoms with Crippen molar-refractivity contribution < 1.29 is 4.79 Å². The molecule has 1 amide bonds. The Morgan fingerprint density at radius 1 is 1.30 bits per heavy atom. The highest BCUT2D eigenvalue weighted by molar-refractivity contribution is 5.92. The van der Waals surface area contributed by atoms with Gasteiger partial charge in [-0.05, 0) is 42.3 Å². The molecule has 0 saturated heterocycles. The van der Waals surface area contributed by atoms with Gasteiger partial charge in [0.15, 0.2) is 0 Å². The fraction of sp³-hybridized carbons (Fsp3) is 0.125. The molecule has 0 radical (unpaired) electrons. The van der Waals surface area contributed by atoms with Crippen molar-refractivity contribution >= 4 is 11.6 Å². The lowest BCUT2D eigenvalue weighted by atomic mass is 10.1. The number of nitriles is 1. The van der Waals surface area contributed by atoms with Crippen LogP contribution >= 0.6 is 0 Å². The lowest BCUT2D eigenvalue weighted by Crippen LogP contribution is -2.11. The lowest BCUT2D eigenvalue weighted by molar-refractivity contribution is 0.1000. The Balaban J connectivity index is 2.15. The summed E-state index contributed by atoms with van der Waals surface area (Å²) in [5.74, 6) is -0.436. The highest BCUT2D eigenvalue weighted by Crippen LogP contribution is 2.17. The van der Waals surface area contributed by atoms with E-state index < -0.39 is 5.91 Å². The van der Waals surface area contributed by atoms with E-state index in [0.29, 0.717) is 17.7 Å². The molecule has 0 aliphatic rings. The summed E-state index contributed by atoms with van der Waals surface area (Å²) in [5, 5.41) is 12.2. The summed E-state index contributed by atoms with van der Waals surface area (Å²) in [7, 11) is 0. The zero-order valence-corrected chi connectivity index (χ0v) is 11.2. The number of aryl methyl sites for hydroxylation is 1. The number of nitrogens with two attached hydrogens (primary N) is 1. The second-order valence-electron chi connectivity index (χ2n) is 4.56. The van der Waals surface area contributed by atoms with Gasteiger partial charge < -0.3 is 11.1 Å². The van der Waals surface area contributed by atoms with Crippen molar-refractivity contribution in [3.8, 4) is 6.07 Å². The Labute approximate surface area is 117 Å². The largest absolute Gasteiger partial charge is 0.381 e. The third-order valence-electron chi connectivity index (χ3n) is 3.06. The van der Waals surface area contributed by atoms with E-state index in [1.54, 1.807) is 24.3 Å². The van der Waals surface area contributed by atoms with Crippen LogP contribution in [0, 0.1) is 18.3 Å². The number of hydrogen-bond acceptors (Lipinski definition) is 3. The molecule has 100 valence electrons. The predicted molar refractivity (Wildman–Crippen MR) is 78.2 cm³/mol. The summed E-state index contributed by atoms with van der Waals surface area (Å²) in [4.78, 5) is 11.1. The van der Waals surface area contributed by atoms with E-state index in [4.69, 9.17) is 11.0 Å². The second kappa shape index (κ2) is 5.89. The van der Waals surface area contributed by atoms with E-state index in [0.717, 1.165) is 16.8 Å². The summed E-state index contributed by atoms with van der Waals surface area (Å²) >= 11 is 0. The monoisotopic (exact) mass is 265 g/mol. The first kappa shape index (κ1) is 13.6. The van der Waals surface area contributed by atoms with Crippen LogP contribution in [-0.2, 0) is 6.54 Å². The fourth-order valence-corrected chi connectivity index (χ4v) is 1.91. The number of hydrogen-bond donors (Lipinski definition) is 2. The number of amides is 1. The molecule has 0 bridgehead atoms. The summed E-state index contributed by atoms with van der Waals surface area (Å²) < 4.78 is 0. The smallest absolute Gasteiger partial charge is 0.248 e. The summed E-state index contributed by atoms with van der Waals surface area (Å²) in [6, 6.07) is 14.8. The van der Waals surface area contributed by atoms with E-state index in [1.807, 2.05) is 25.1 Å². The number of benzene rings is 2. The third-order valence-corrected chi connectivity index (χ3v) is 3.06. The quantitative estimate of drug-likeness (QED) is 0.891. The Morgan fingerprint density at radius 3 is 2.80 bits per heavy atom. The van der Waals surface area contributed by atoms with Crippen molar-refractivity contribution in [2.24, 2.45) is 5.73 Å². The van der Waals surface area contributed by atoms with Crippen LogP contribution in [0.15, 0.2) is 42.5 Å². The van der Waals surface area contributed by atoms with Crippen molar-refractivity contribution in [1.82, 2.24) is 0 Å². The molecule has 0 heterocycles. The maximum Gasteiger partial charge on any atom is 0.248 e. The van der Waals surface area contributed by atoms with Gasteiger partial charge in [-0.3, -0.25) is 4.79 Å². The summed E-state index contributed by atoms with van der Waals surface area (Å²) in [6.07, 6.45) is 0. The van der Waals surface area contributed by atoms with Gasteiger partial charge in [-0.15, -0.1) is 0 Å². The summed E-state index contributed by atoms with van der Waals surface area (Å²) in [6.45, 7) is 2.54. The van der Waals surface area contributed by atoms with Crippen LogP contribution in [-0.4, -0.2) is 5.91 Å². The maximum atomic E-state index is 11.1. The van der Waals surface area contributed by atoms with Gasteiger partial charge in [-0.25, -0.2) is 0 Å². The molecule has 2 aromatic carbocycles. The highest BCUT2D eigenvalue weighted by Gasteiger charge is 2.03. The zero-order chi connectivity index (χ0) is 14.5. The molecule has 4 heteroatoms. The minimum absolute atomic E-state index is 0.436. The van der Waals surface area contributed by atoms with Gasteiger partial charge in [0.2, 0.25) is 5.91 Å². The molecule has 0 aromatic heterocycles. The van der Waals surface area contributed by atoms with Crippen LogP contribution < -0.4 is 11.1 Å². The molecule has 0 saturated carbocycles. The van der Waals surface area contributed by atoms with E-state index in [2.05, 4.69) is 11.4 Å². The fourth-order valence-electron chi connectivity index (χ4n) is 1.91. The Bertz CT molecular complexity index is 686. The number of nitrogens with one attached hydrogen (secondary N) is 1. The molecule has 0 spiro atoms. The first-order valence-corrected chi connectivity index (χ1v) is 6.23. The Hall–Kier alpha value is -2.80. The number of carbonyl (C=O) groups is 1. The minimum atomic E-state index is -0.436.